The van der Waals surface area contributed by atoms with E-state index >= 15 is 9.18 Å². The average molecular weight is 767 g/mol. The number of pyridine rings is 1. The molecule has 1 amide bonds. The van der Waals surface area contributed by atoms with Gasteiger partial charge in [0.05, 0.1) is 43.3 Å². The summed E-state index contributed by atoms with van der Waals surface area (Å²) >= 11 is -0.247. The quantitative estimate of drug-likeness (QED) is 0.0940. The summed E-state index contributed by atoms with van der Waals surface area (Å²) in [5.41, 5.74) is -11.5. The summed E-state index contributed by atoms with van der Waals surface area (Å²) in [4.78, 5) is 32.1. The van der Waals surface area contributed by atoms with Gasteiger partial charge in [0.25, 0.3) is 0 Å². The Morgan fingerprint density at radius 1 is 0.981 bits per heavy atom. The lowest BCUT2D eigenvalue weighted by molar-refractivity contribution is -0.138. The second kappa shape index (κ2) is 16.7. The summed E-state index contributed by atoms with van der Waals surface area (Å²) in [6.07, 6.45) is -4.85. The third-order valence-electron chi connectivity index (χ3n) is 8.41. The molecule has 6 nitrogen and oxygen atoms in total. The van der Waals surface area contributed by atoms with Gasteiger partial charge in [-0.05, 0) is 66.2 Å². The van der Waals surface area contributed by atoms with Crippen LogP contribution in [0, 0.1) is 18.6 Å². The highest BCUT2D eigenvalue weighted by Gasteiger charge is 2.32. The first-order valence-corrected chi connectivity index (χ1v) is 16.8. The number of amides is 1. The molecule has 1 saturated heterocycles. The number of thioether (sulfide) groups is 1. The first kappa shape index (κ1) is 22.0. The number of alkyl halides is 3. The Morgan fingerprint density at radius 3 is 2.42 bits per heavy atom. The molecule has 0 saturated carbocycles. The lowest BCUT2D eigenvalue weighted by Crippen LogP contribution is -2.48. The lowest BCUT2D eigenvalue weighted by Gasteiger charge is -2.39. The molecule has 0 aliphatic carbocycles. The molecule has 278 valence electrons. The number of fused-ring (bicyclic) bond motifs is 1. The maximum absolute atomic E-state index is 15.5. The van der Waals surface area contributed by atoms with E-state index in [2.05, 4.69) is 0 Å². The van der Waals surface area contributed by atoms with Crippen LogP contribution in [0.2, 0.25) is 0 Å². The van der Waals surface area contributed by atoms with E-state index < -0.39 is 194 Å². The van der Waals surface area contributed by atoms with E-state index in [9.17, 15) is 22.4 Å². The molecule has 1 aliphatic heterocycles. The van der Waals surface area contributed by atoms with Crippen LogP contribution in [0.1, 0.15) is 58.4 Å². The number of ether oxygens (including phenoxy) is 1. The van der Waals surface area contributed by atoms with Crippen LogP contribution < -0.4 is 5.43 Å². The van der Waals surface area contributed by atoms with Crippen molar-refractivity contribution in [1.82, 2.24) is 14.4 Å². The molecule has 4 aromatic carbocycles. The minimum absolute atomic E-state index is 0.161. The van der Waals surface area contributed by atoms with Gasteiger partial charge in [0.1, 0.15) is 6.54 Å². The maximum Gasteiger partial charge on any atom is 0.416 e. The van der Waals surface area contributed by atoms with Gasteiger partial charge in [0.2, 0.25) is 5.91 Å². The van der Waals surface area contributed by atoms with Crippen molar-refractivity contribution in [2.45, 2.75) is 55.8 Å². The molecule has 0 radical (unpaired) electrons. The molecule has 0 unspecified atom stereocenters. The Bertz CT molecular complexity index is 2970. The van der Waals surface area contributed by atoms with E-state index in [1.807, 2.05) is 4.90 Å². The van der Waals surface area contributed by atoms with E-state index in [0.29, 0.717) is 30.8 Å². The van der Waals surface area contributed by atoms with E-state index in [4.69, 9.17) is 28.0 Å². The summed E-state index contributed by atoms with van der Waals surface area (Å²) in [6, 6.07) is -17.0. The van der Waals surface area contributed by atoms with Gasteiger partial charge in [-0.2, -0.15) is 13.2 Å². The van der Waals surface area contributed by atoms with Crippen LogP contribution in [0.4, 0.5) is 22.0 Å². The Labute approximate surface area is 333 Å². The molecule has 0 N–H and O–H groups in total. The van der Waals surface area contributed by atoms with Crippen molar-refractivity contribution in [2.75, 3.05) is 33.4 Å². The summed E-state index contributed by atoms with van der Waals surface area (Å²) in [6.45, 7) is 0.312. The number of para-hydroxylation sites is 1. The second-order valence-corrected chi connectivity index (χ2v) is 12.6. The molecule has 1 aliphatic rings. The largest absolute Gasteiger partial charge is 0.416 e. The van der Waals surface area contributed by atoms with Crippen LogP contribution in [0.15, 0.2) is 100 Å². The smallest absolute Gasteiger partial charge is 0.383 e. The van der Waals surface area contributed by atoms with Crippen molar-refractivity contribution in [3.63, 3.8) is 0 Å². The van der Waals surface area contributed by atoms with Crippen molar-refractivity contribution >= 4 is 28.6 Å². The summed E-state index contributed by atoms with van der Waals surface area (Å²) in [5, 5.41) is -1.76. The molecule has 0 spiro atoms. The van der Waals surface area contributed by atoms with Crippen LogP contribution in [-0.4, -0.2) is 59.7 Å². The van der Waals surface area contributed by atoms with Gasteiger partial charge in [-0.1, -0.05) is 60.4 Å². The monoisotopic (exact) mass is 766 g/mol. The van der Waals surface area contributed by atoms with Crippen molar-refractivity contribution < 1.29 is 54.8 Å². The first-order valence-electron chi connectivity index (χ1n) is 24.5. The predicted molar refractivity (Wildman–Crippen MR) is 198 cm³/mol. The van der Waals surface area contributed by atoms with Crippen LogP contribution in [-0.2, 0) is 34.5 Å². The number of carbonyl (C=O) groups is 1. The van der Waals surface area contributed by atoms with Gasteiger partial charge in [-0.15, -0.1) is 11.8 Å². The molecule has 5 aromatic rings. The number of rotatable bonds is 12. The summed E-state index contributed by atoms with van der Waals surface area (Å²) < 4.78 is 224. The molecule has 53 heavy (non-hydrogen) atoms. The van der Waals surface area contributed by atoms with E-state index in [1.54, 1.807) is 0 Å². The highest BCUT2D eigenvalue weighted by Crippen LogP contribution is 2.34. The molecule has 12 heteroatoms. The number of aromatic nitrogens is 1. The van der Waals surface area contributed by atoms with E-state index in [0.717, 1.165) is 11.8 Å². The topological polar surface area (TPSA) is 54.8 Å². The van der Waals surface area contributed by atoms with Gasteiger partial charge in [0, 0.05) is 64.8 Å². The van der Waals surface area contributed by atoms with Gasteiger partial charge < -0.3 is 19.1 Å². The summed E-state index contributed by atoms with van der Waals surface area (Å²) in [5.74, 6) is -5.14. The third-order valence-corrected chi connectivity index (χ3v) is 9.24. The van der Waals surface area contributed by atoms with E-state index in [1.165, 1.54) is 7.11 Å². The van der Waals surface area contributed by atoms with Crippen LogP contribution >= 0.6 is 11.8 Å². The first-order chi connectivity index (χ1) is 32.4. The molecule has 1 fully saturated rings. The number of likely N-dealkylation sites (tertiary alicyclic amines) is 1. The molecule has 0 bridgehead atoms. The fraction of sp³-hybridized carbons (Fsp3) is 0.317. The molecular weight excluding hydrogens is 710 g/mol. The van der Waals surface area contributed by atoms with Gasteiger partial charge in [-0.3, -0.25) is 9.59 Å². The molecule has 6 rings (SSSR count). The maximum atomic E-state index is 15.5. The fourth-order valence-corrected chi connectivity index (χ4v) is 6.46. The third kappa shape index (κ3) is 9.00. The predicted octanol–water partition coefficient (Wildman–Crippen LogP) is 8.71. The number of nitrogens with zero attached hydrogens (tertiary/aromatic N) is 3. The Kier molecular flexibility index (Phi) is 6.91. The number of halogens is 5. The Balaban J connectivity index is 1.57. The molecule has 1 aromatic heterocycles. The van der Waals surface area contributed by atoms with Crippen LogP contribution in [0.5, 0.6) is 0 Å². The zero-order valence-corrected chi connectivity index (χ0v) is 28.9. The second-order valence-electron chi connectivity index (χ2n) is 11.8. The SMILES string of the molecule is [2H]c1c([2H])c(F)c(F)c(C([2H])([2H])Sc2c([2H])c(=O)c3c([2H])c([2H])c([2H])c([2H])c3n2CC(=O)N(Cc2c([2H])c([2H])c(-c3c([2H])c([2H])c(C(F)(F)F)c(C)c3[2H])c([2H])c2[2H])C2CCN(CCOC)CC2)c1[2H]. The number of piperidine rings is 1. The van der Waals surface area contributed by atoms with Crippen molar-refractivity contribution in [3.8, 4) is 11.1 Å². The number of benzene rings is 4. The van der Waals surface area contributed by atoms with Gasteiger partial charge in [0.15, 0.2) is 17.1 Å². The van der Waals surface area contributed by atoms with Crippen molar-refractivity contribution in [1.29, 1.82) is 0 Å². The fourth-order valence-electron chi connectivity index (χ4n) is 5.71. The lowest BCUT2D eigenvalue weighted by atomic mass is 9.98. The zero-order chi connectivity index (χ0) is 52.5. The van der Waals surface area contributed by atoms with Gasteiger partial charge >= 0.3 is 6.18 Å². The zero-order valence-electron chi connectivity index (χ0n) is 45.1. The molecule has 0 atom stereocenters. The minimum atomic E-state index is -5.17. The summed E-state index contributed by atoms with van der Waals surface area (Å²) in [7, 11) is 1.48. The standard InChI is InChI=1S/C41H40F5N3O3S/c1-27-22-30(14-15-34(27)41(44,45)46)29-12-10-28(11-13-29)24-48(32-16-18-47(19-17-32)20-21-52-2)38(51)25-49-36-9-4-3-7-33(36)37(50)23-39(49)53-26-31-6-5-8-35(42)40(31)43/h3-15,22-23,32H,16-21,24-26H2,1-2H3/i3D,4D,5D,6D,7D,8D,9D,10D,11D,12D,13D,14D,15D,22D,23D,26D2. The number of carbonyl (C=O) groups excluding carboxylic acids is 1. The highest BCUT2D eigenvalue weighted by molar-refractivity contribution is 7.98. The van der Waals surface area contributed by atoms with E-state index in [-0.39, 0.29) is 24.6 Å². The number of methoxy groups -OCH3 is 1. The number of hydrogen-bond donors (Lipinski definition) is 0. The number of hydrogen-bond acceptors (Lipinski definition) is 5. The van der Waals surface area contributed by atoms with Crippen molar-refractivity contribution in [2.24, 2.45) is 0 Å². The Hall–Kier alpha value is -4.52. The Morgan fingerprint density at radius 2 is 1.70 bits per heavy atom. The normalized spacial score (nSPS) is 19.0. The molecule has 2 heterocycles. The van der Waals surface area contributed by atoms with Crippen molar-refractivity contribution in [3.05, 3.63) is 135 Å². The van der Waals surface area contributed by atoms with Crippen LogP contribution in [0.3, 0.4) is 0 Å². The van der Waals surface area contributed by atoms with Gasteiger partial charge in [-0.25, -0.2) is 8.78 Å². The molecular formula is C41H40F5N3O3S. The highest BCUT2D eigenvalue weighted by atomic mass is 32.2. The average Bonchev–Trinajstić information content (AvgIpc) is 3.29. The minimum Gasteiger partial charge on any atom is -0.383 e. The van der Waals surface area contributed by atoms with Crippen LogP contribution in [0.25, 0.3) is 22.0 Å².